The molecular weight excluding hydrogens is 242 g/mol. The lowest BCUT2D eigenvalue weighted by Crippen LogP contribution is -2.16. The molecule has 17 heavy (non-hydrogen) atoms. The van der Waals surface area contributed by atoms with Crippen molar-refractivity contribution < 1.29 is 13.2 Å². The van der Waals surface area contributed by atoms with Crippen molar-refractivity contribution in [2.45, 2.75) is 32.7 Å². The summed E-state index contributed by atoms with van der Waals surface area (Å²) in [5, 5.41) is 9.01. The van der Waals surface area contributed by atoms with Crippen LogP contribution in [0.1, 0.15) is 32.7 Å². The Balaban J connectivity index is 2.22. The van der Waals surface area contributed by atoms with Gasteiger partial charge in [-0.15, -0.1) is 0 Å². The number of hydrogen-bond acceptors (Lipinski definition) is 4. The van der Waals surface area contributed by atoms with Crippen LogP contribution in [0.2, 0.25) is 0 Å². The molecule has 6 nitrogen and oxygen atoms in total. The molecule has 0 aliphatic rings. The molecule has 0 saturated carbocycles. The number of nitrogens with two attached hydrogens (primary N) is 1. The van der Waals surface area contributed by atoms with E-state index in [1.807, 2.05) is 20.0 Å². The summed E-state index contributed by atoms with van der Waals surface area (Å²) in [6.45, 7) is 4.53. The van der Waals surface area contributed by atoms with Gasteiger partial charge in [0.1, 0.15) is 0 Å². The van der Waals surface area contributed by atoms with Crippen LogP contribution in [0, 0.1) is 0 Å². The van der Waals surface area contributed by atoms with Gasteiger partial charge in [-0.05, 0) is 26.7 Å². The lowest BCUT2D eigenvalue weighted by Gasteiger charge is -2.04. The van der Waals surface area contributed by atoms with Crippen molar-refractivity contribution in [2.75, 3.05) is 12.4 Å². The van der Waals surface area contributed by atoms with E-state index in [4.69, 9.17) is 9.88 Å². The van der Waals surface area contributed by atoms with E-state index in [-0.39, 0.29) is 5.75 Å². The first kappa shape index (κ1) is 14.0. The van der Waals surface area contributed by atoms with Crippen LogP contribution < -0.4 is 9.88 Å². The van der Waals surface area contributed by atoms with Crippen LogP contribution in [-0.2, 0) is 10.0 Å². The van der Waals surface area contributed by atoms with E-state index >= 15 is 0 Å². The van der Waals surface area contributed by atoms with Gasteiger partial charge in [0.2, 0.25) is 10.0 Å². The van der Waals surface area contributed by atoms with Crippen LogP contribution in [0.25, 0.3) is 0 Å². The first-order valence-corrected chi connectivity index (χ1v) is 7.27. The third kappa shape index (κ3) is 5.69. The van der Waals surface area contributed by atoms with Gasteiger partial charge in [0, 0.05) is 6.04 Å². The zero-order valence-corrected chi connectivity index (χ0v) is 11.0. The summed E-state index contributed by atoms with van der Waals surface area (Å²) < 4.78 is 28.6. The largest absolute Gasteiger partial charge is 0.490 e. The van der Waals surface area contributed by atoms with Crippen molar-refractivity contribution >= 4 is 10.0 Å². The summed E-state index contributed by atoms with van der Waals surface area (Å²) in [6, 6.07) is 0.301. The average molecular weight is 261 g/mol. The van der Waals surface area contributed by atoms with E-state index in [1.165, 1.54) is 0 Å². The average Bonchev–Trinajstić information content (AvgIpc) is 2.64. The Morgan fingerprint density at radius 1 is 1.47 bits per heavy atom. The zero-order valence-electron chi connectivity index (χ0n) is 10.2. The number of sulfonamides is 1. The Morgan fingerprint density at radius 2 is 2.18 bits per heavy atom. The third-order valence-corrected chi connectivity index (χ3v) is 3.06. The highest BCUT2D eigenvalue weighted by molar-refractivity contribution is 7.89. The highest BCUT2D eigenvalue weighted by Crippen LogP contribution is 2.12. The van der Waals surface area contributed by atoms with Crippen LogP contribution in [0.15, 0.2) is 12.4 Å². The molecule has 98 valence electrons. The maximum absolute atomic E-state index is 10.7. The van der Waals surface area contributed by atoms with Crippen LogP contribution in [0.5, 0.6) is 5.75 Å². The summed E-state index contributed by atoms with van der Waals surface area (Å²) in [5.41, 5.74) is 0. The summed E-state index contributed by atoms with van der Waals surface area (Å²) in [4.78, 5) is 0. The van der Waals surface area contributed by atoms with Crippen molar-refractivity contribution in [1.82, 2.24) is 9.78 Å². The second kappa shape index (κ2) is 6.02. The van der Waals surface area contributed by atoms with Crippen LogP contribution >= 0.6 is 0 Å². The maximum Gasteiger partial charge on any atom is 0.209 e. The Kier molecular flexibility index (Phi) is 4.95. The quantitative estimate of drug-likeness (QED) is 0.739. The SMILES string of the molecule is CC(C)n1cc(OCCCCS(N)(=O)=O)cn1. The molecule has 0 aromatic carbocycles. The molecule has 0 bridgehead atoms. The van der Waals surface area contributed by atoms with E-state index in [1.54, 1.807) is 10.9 Å². The summed E-state index contributed by atoms with van der Waals surface area (Å²) in [5.74, 6) is 0.705. The van der Waals surface area contributed by atoms with Gasteiger partial charge in [0.05, 0.1) is 24.8 Å². The zero-order chi connectivity index (χ0) is 12.9. The monoisotopic (exact) mass is 261 g/mol. The highest BCUT2D eigenvalue weighted by atomic mass is 32.2. The Bertz CT molecular complexity index is 439. The molecule has 0 saturated heterocycles. The molecule has 1 aromatic rings. The van der Waals surface area contributed by atoms with Crippen molar-refractivity contribution in [3.8, 4) is 5.75 Å². The molecule has 0 aliphatic carbocycles. The Labute approximate surface area is 102 Å². The van der Waals surface area contributed by atoms with E-state index in [9.17, 15) is 8.42 Å². The van der Waals surface area contributed by atoms with Crippen molar-refractivity contribution in [1.29, 1.82) is 0 Å². The summed E-state index contributed by atoms with van der Waals surface area (Å²) in [7, 11) is -3.35. The number of nitrogens with zero attached hydrogens (tertiary/aromatic N) is 2. The van der Waals surface area contributed by atoms with Gasteiger partial charge >= 0.3 is 0 Å². The smallest absolute Gasteiger partial charge is 0.209 e. The molecule has 7 heteroatoms. The minimum Gasteiger partial charge on any atom is -0.490 e. The highest BCUT2D eigenvalue weighted by Gasteiger charge is 2.04. The molecule has 0 amide bonds. The maximum atomic E-state index is 10.7. The first-order valence-electron chi connectivity index (χ1n) is 5.56. The second-order valence-electron chi connectivity index (χ2n) is 4.17. The number of unbranched alkanes of at least 4 members (excludes halogenated alkanes) is 1. The predicted octanol–water partition coefficient (Wildman–Crippen LogP) is 0.911. The molecule has 0 atom stereocenters. The van der Waals surface area contributed by atoms with E-state index in [0.717, 1.165) is 0 Å². The van der Waals surface area contributed by atoms with Crippen molar-refractivity contribution in [3.05, 3.63) is 12.4 Å². The molecule has 2 N–H and O–H groups in total. The molecule has 1 rings (SSSR count). The fourth-order valence-corrected chi connectivity index (χ4v) is 1.88. The number of aromatic nitrogens is 2. The van der Waals surface area contributed by atoms with Gasteiger partial charge in [0.25, 0.3) is 0 Å². The fraction of sp³-hybridized carbons (Fsp3) is 0.700. The van der Waals surface area contributed by atoms with Crippen molar-refractivity contribution in [2.24, 2.45) is 5.14 Å². The van der Waals surface area contributed by atoms with Gasteiger partial charge in [0.15, 0.2) is 5.75 Å². The number of hydrogen-bond donors (Lipinski definition) is 1. The fourth-order valence-electron chi connectivity index (χ4n) is 1.27. The standard InChI is InChI=1S/C10H19N3O3S/c1-9(2)13-8-10(7-12-13)16-5-3-4-6-17(11,14)15/h7-9H,3-6H2,1-2H3,(H2,11,14,15). The summed E-state index contributed by atoms with van der Waals surface area (Å²) >= 11 is 0. The topological polar surface area (TPSA) is 87.2 Å². The minimum atomic E-state index is -3.35. The third-order valence-electron chi connectivity index (χ3n) is 2.20. The normalized spacial score (nSPS) is 12.0. The van der Waals surface area contributed by atoms with E-state index in [0.29, 0.717) is 31.2 Å². The minimum absolute atomic E-state index is 0.00160. The molecule has 0 fully saturated rings. The molecular formula is C10H19N3O3S. The van der Waals surface area contributed by atoms with E-state index < -0.39 is 10.0 Å². The summed E-state index contributed by atoms with van der Waals surface area (Å²) in [6.07, 6.45) is 4.64. The van der Waals surface area contributed by atoms with Gasteiger partial charge in [-0.1, -0.05) is 0 Å². The number of primary sulfonamides is 1. The molecule has 1 heterocycles. The van der Waals surface area contributed by atoms with Crippen molar-refractivity contribution in [3.63, 3.8) is 0 Å². The van der Waals surface area contributed by atoms with Gasteiger partial charge in [-0.25, -0.2) is 13.6 Å². The molecule has 0 unspecified atom stereocenters. The Morgan fingerprint density at radius 3 is 2.71 bits per heavy atom. The number of ether oxygens (including phenoxy) is 1. The van der Waals surface area contributed by atoms with Crippen LogP contribution in [0.3, 0.4) is 0 Å². The lowest BCUT2D eigenvalue weighted by atomic mass is 10.4. The van der Waals surface area contributed by atoms with E-state index in [2.05, 4.69) is 5.10 Å². The molecule has 1 aromatic heterocycles. The molecule has 0 spiro atoms. The van der Waals surface area contributed by atoms with Crippen LogP contribution in [-0.4, -0.2) is 30.6 Å². The molecule has 0 aliphatic heterocycles. The Hall–Kier alpha value is -1.08. The van der Waals surface area contributed by atoms with Gasteiger partial charge in [-0.2, -0.15) is 5.10 Å². The van der Waals surface area contributed by atoms with Gasteiger partial charge < -0.3 is 4.74 Å². The van der Waals surface area contributed by atoms with Crippen LogP contribution in [0.4, 0.5) is 0 Å². The predicted molar refractivity (Wildman–Crippen MR) is 65.3 cm³/mol. The molecule has 0 radical (unpaired) electrons. The first-order chi connectivity index (χ1) is 7.88. The second-order valence-corrected chi connectivity index (χ2v) is 5.91. The van der Waals surface area contributed by atoms with Gasteiger partial charge in [-0.3, -0.25) is 4.68 Å². The number of rotatable bonds is 7. The lowest BCUT2D eigenvalue weighted by molar-refractivity contribution is 0.309.